The topological polar surface area (TPSA) is 36.9 Å². The molecule has 2 saturated carbocycles. The van der Waals surface area contributed by atoms with Gasteiger partial charge in [0, 0.05) is 5.41 Å². The zero-order valence-corrected chi connectivity index (χ0v) is 41.2. The minimum absolute atomic E-state index is 0.0174. The Morgan fingerprint density at radius 1 is 0.792 bits per heavy atom. The standard InChI is InChI=1S/C46H84O4Si3/c1-20-53(21-2,22-3)50-43(10,11)29-23-31-47-44(12,13)39-27-26-37-36-25-24-34-32-35(48-51(16,17)41(4,5)6)33-40(49-52(18,19)42(7,8)9)46(34,15)38(36)28-30-45(37,39)14/h23-25,27,29,35,37-38,40H,20-22,26,28,30-33H2,1-19H3/b29-23-/t35-,37+,38+,40+,45+,46+/m1/s1. The molecule has 6 atom stereocenters. The van der Waals surface area contributed by atoms with Crippen molar-refractivity contribution in [1.82, 2.24) is 0 Å². The molecule has 0 amide bonds. The van der Waals surface area contributed by atoms with Crippen molar-refractivity contribution in [2.45, 2.75) is 214 Å². The molecule has 4 nitrogen and oxygen atoms in total. The third kappa shape index (κ3) is 8.82. The van der Waals surface area contributed by atoms with Gasteiger partial charge in [-0.1, -0.05) is 118 Å². The Hall–Kier alpha value is -0.549. The van der Waals surface area contributed by atoms with Crippen molar-refractivity contribution in [1.29, 1.82) is 0 Å². The Morgan fingerprint density at radius 2 is 1.36 bits per heavy atom. The molecule has 0 aromatic carbocycles. The maximum Gasteiger partial charge on any atom is 0.193 e. The highest BCUT2D eigenvalue weighted by Crippen LogP contribution is 2.66. The van der Waals surface area contributed by atoms with Crippen LogP contribution in [0.3, 0.4) is 0 Å². The molecular weight excluding hydrogens is 701 g/mol. The normalized spacial score (nSPS) is 30.4. The van der Waals surface area contributed by atoms with E-state index in [1.165, 1.54) is 36.5 Å². The van der Waals surface area contributed by atoms with Gasteiger partial charge in [0.2, 0.25) is 0 Å². The molecule has 4 aliphatic rings. The van der Waals surface area contributed by atoms with Crippen LogP contribution in [0.5, 0.6) is 0 Å². The number of ether oxygens (including phenoxy) is 1. The van der Waals surface area contributed by atoms with Gasteiger partial charge >= 0.3 is 0 Å². The molecule has 0 spiro atoms. The lowest BCUT2D eigenvalue weighted by molar-refractivity contribution is -0.0431. The first-order valence-electron chi connectivity index (χ1n) is 21.5. The van der Waals surface area contributed by atoms with Crippen LogP contribution in [-0.4, -0.2) is 55.0 Å². The fourth-order valence-electron chi connectivity index (χ4n) is 10.1. The van der Waals surface area contributed by atoms with Crippen LogP contribution < -0.4 is 0 Å². The van der Waals surface area contributed by atoms with Gasteiger partial charge in [0.25, 0.3) is 0 Å². The number of hydrogen-bond acceptors (Lipinski definition) is 4. The van der Waals surface area contributed by atoms with Crippen LogP contribution in [0.15, 0.2) is 47.1 Å². The lowest BCUT2D eigenvalue weighted by Crippen LogP contribution is -2.58. The van der Waals surface area contributed by atoms with Crippen LogP contribution in [0.1, 0.15) is 136 Å². The maximum absolute atomic E-state index is 7.59. The smallest absolute Gasteiger partial charge is 0.193 e. The molecular formula is C46H84O4Si3. The second-order valence-electron chi connectivity index (χ2n) is 22.0. The van der Waals surface area contributed by atoms with E-state index < -0.39 is 25.0 Å². The summed E-state index contributed by atoms with van der Waals surface area (Å²) in [6.07, 6.45) is 18.0. The summed E-state index contributed by atoms with van der Waals surface area (Å²) >= 11 is 0. The van der Waals surface area contributed by atoms with Gasteiger partial charge in [0.05, 0.1) is 30.0 Å². The van der Waals surface area contributed by atoms with E-state index in [9.17, 15) is 0 Å². The molecule has 0 N–H and O–H groups in total. The van der Waals surface area contributed by atoms with E-state index in [1.807, 2.05) is 0 Å². The first kappa shape index (κ1) is 45.2. The summed E-state index contributed by atoms with van der Waals surface area (Å²) in [6.45, 7) is 45.7. The number of hydrogen-bond donors (Lipinski definition) is 0. The lowest BCUT2D eigenvalue weighted by atomic mass is 9.49. The average Bonchev–Trinajstić information content (AvgIpc) is 3.39. The van der Waals surface area contributed by atoms with Crippen molar-refractivity contribution < 1.29 is 18.0 Å². The van der Waals surface area contributed by atoms with Gasteiger partial charge in [-0.3, -0.25) is 0 Å². The van der Waals surface area contributed by atoms with Crippen molar-refractivity contribution in [2.24, 2.45) is 22.7 Å². The molecule has 0 saturated heterocycles. The van der Waals surface area contributed by atoms with Crippen LogP contribution in [0, 0.1) is 22.7 Å². The third-order valence-corrected chi connectivity index (χ3v) is 29.7. The number of rotatable bonds is 14. The van der Waals surface area contributed by atoms with Crippen molar-refractivity contribution in [3.8, 4) is 0 Å². The monoisotopic (exact) mass is 785 g/mol. The maximum atomic E-state index is 7.59. The van der Waals surface area contributed by atoms with Gasteiger partial charge in [-0.2, -0.15) is 0 Å². The second kappa shape index (κ2) is 15.3. The molecule has 53 heavy (non-hydrogen) atoms. The second-order valence-corrected chi connectivity index (χ2v) is 36.2. The zero-order chi connectivity index (χ0) is 40.3. The lowest BCUT2D eigenvalue weighted by Gasteiger charge is -2.59. The van der Waals surface area contributed by atoms with E-state index in [0.29, 0.717) is 18.4 Å². The molecule has 0 aromatic heterocycles. The quantitative estimate of drug-likeness (QED) is 0.130. The summed E-state index contributed by atoms with van der Waals surface area (Å²) in [5.74, 6) is 0.998. The van der Waals surface area contributed by atoms with Gasteiger partial charge in [0.1, 0.15) is 0 Å². The van der Waals surface area contributed by atoms with E-state index in [-0.39, 0.29) is 44.3 Å². The van der Waals surface area contributed by atoms with Crippen LogP contribution in [0.25, 0.3) is 0 Å². The summed E-state index contributed by atoms with van der Waals surface area (Å²) in [7, 11) is -5.68. The molecule has 0 unspecified atom stereocenters. The first-order chi connectivity index (χ1) is 24.0. The van der Waals surface area contributed by atoms with Crippen molar-refractivity contribution in [2.75, 3.05) is 6.61 Å². The summed E-state index contributed by atoms with van der Waals surface area (Å²) < 4.78 is 28.4. The minimum Gasteiger partial charge on any atom is -0.414 e. The molecule has 0 radical (unpaired) electrons. The molecule has 4 rings (SSSR count). The number of allylic oxidation sites excluding steroid dienone is 4. The van der Waals surface area contributed by atoms with E-state index in [4.69, 9.17) is 18.0 Å². The van der Waals surface area contributed by atoms with Gasteiger partial charge in [0.15, 0.2) is 25.0 Å². The Balaban J connectivity index is 1.59. The Labute approximate surface area is 331 Å². The van der Waals surface area contributed by atoms with Gasteiger partial charge in [-0.15, -0.1) is 0 Å². The minimum atomic E-state index is -2.05. The van der Waals surface area contributed by atoms with Gasteiger partial charge < -0.3 is 18.0 Å². The molecule has 0 aromatic rings. The van der Waals surface area contributed by atoms with Crippen LogP contribution in [-0.2, 0) is 18.0 Å². The molecule has 7 heteroatoms. The molecule has 0 heterocycles. The average molecular weight is 785 g/mol. The van der Waals surface area contributed by atoms with Crippen LogP contribution >= 0.6 is 0 Å². The fourth-order valence-corrected chi connectivity index (χ4v) is 16.0. The van der Waals surface area contributed by atoms with Crippen LogP contribution in [0.4, 0.5) is 0 Å². The van der Waals surface area contributed by atoms with E-state index >= 15 is 0 Å². The van der Waals surface area contributed by atoms with Crippen molar-refractivity contribution in [3.63, 3.8) is 0 Å². The summed E-state index contributed by atoms with van der Waals surface area (Å²) in [5.41, 5.74) is 4.18. The highest BCUT2D eigenvalue weighted by atomic mass is 28.4. The third-order valence-electron chi connectivity index (χ3n) is 15.8. The predicted molar refractivity (Wildman–Crippen MR) is 236 cm³/mol. The Kier molecular flexibility index (Phi) is 13.1. The molecule has 0 bridgehead atoms. The number of fused-ring (bicyclic) bond motifs is 5. The van der Waals surface area contributed by atoms with E-state index in [0.717, 1.165) is 19.3 Å². The van der Waals surface area contributed by atoms with E-state index in [2.05, 4.69) is 160 Å². The highest BCUT2D eigenvalue weighted by Gasteiger charge is 2.60. The molecule has 304 valence electrons. The summed E-state index contributed by atoms with van der Waals surface area (Å²) in [6, 6.07) is 3.50. The first-order valence-corrected chi connectivity index (χ1v) is 29.9. The van der Waals surface area contributed by atoms with Gasteiger partial charge in [-0.25, -0.2) is 0 Å². The highest BCUT2D eigenvalue weighted by molar-refractivity contribution is 6.74. The fraction of sp³-hybridized carbons (Fsp3) is 0.826. The Morgan fingerprint density at radius 3 is 1.91 bits per heavy atom. The van der Waals surface area contributed by atoms with Gasteiger partial charge in [-0.05, 0) is 137 Å². The summed E-state index contributed by atoms with van der Waals surface area (Å²) in [5, 5.41) is 0.337. The molecule has 0 aliphatic heterocycles. The Bertz CT molecular complexity index is 1420. The SMILES string of the molecule is CC[Si](CC)(CC)OC(C)(C)/C=C\COC(C)(C)C1=CC[C@H]2C3=CC=C4C[C@@H](O[Si](C)(C)C(C)(C)C)C[C@H](O[Si](C)(C)C(C)(C)C)[C@]4(C)[C@H]3CC[C@]12C. The van der Waals surface area contributed by atoms with Crippen molar-refractivity contribution >= 4 is 25.0 Å². The molecule has 4 aliphatic carbocycles. The van der Waals surface area contributed by atoms with E-state index in [1.54, 1.807) is 11.1 Å². The summed E-state index contributed by atoms with van der Waals surface area (Å²) in [4.78, 5) is 0. The zero-order valence-electron chi connectivity index (χ0n) is 38.2. The van der Waals surface area contributed by atoms with Crippen LogP contribution in [0.2, 0.25) is 54.4 Å². The largest absolute Gasteiger partial charge is 0.414 e. The molecule has 2 fully saturated rings. The predicted octanol–water partition coefficient (Wildman–Crippen LogP) is 13.9. The van der Waals surface area contributed by atoms with Crippen molar-refractivity contribution in [3.05, 3.63) is 47.1 Å².